The van der Waals surface area contributed by atoms with Gasteiger partial charge in [0.1, 0.15) is 5.69 Å². The lowest BCUT2D eigenvalue weighted by molar-refractivity contribution is 0.0958. The molecule has 1 aromatic carbocycles. The number of nitrogens with zero attached hydrogens (tertiary/aromatic N) is 3. The SMILES string of the molecule is CNC(=O)c1ccc(N2CCN(Cc3ccc4c(c3)[nH]c(=O)c3ccsc34)CC2)c(C)n1. The highest BCUT2D eigenvalue weighted by atomic mass is 32.1. The number of aromatic nitrogens is 2. The monoisotopic (exact) mass is 447 g/mol. The zero-order valence-electron chi connectivity index (χ0n) is 18.1. The number of anilines is 1. The van der Waals surface area contributed by atoms with Crippen molar-refractivity contribution in [3.8, 4) is 0 Å². The molecule has 164 valence electrons. The molecule has 7 nitrogen and oxygen atoms in total. The maximum Gasteiger partial charge on any atom is 0.269 e. The van der Waals surface area contributed by atoms with Crippen molar-refractivity contribution in [3.63, 3.8) is 0 Å². The molecule has 0 saturated carbocycles. The molecule has 32 heavy (non-hydrogen) atoms. The van der Waals surface area contributed by atoms with Gasteiger partial charge in [0, 0.05) is 49.9 Å². The van der Waals surface area contributed by atoms with Crippen LogP contribution in [0.1, 0.15) is 21.7 Å². The van der Waals surface area contributed by atoms with E-state index >= 15 is 0 Å². The fourth-order valence-corrected chi connectivity index (χ4v) is 5.36. The van der Waals surface area contributed by atoms with Gasteiger partial charge < -0.3 is 15.2 Å². The summed E-state index contributed by atoms with van der Waals surface area (Å²) in [6.07, 6.45) is 0. The van der Waals surface area contributed by atoms with E-state index in [9.17, 15) is 9.59 Å². The Morgan fingerprint density at radius 1 is 1.12 bits per heavy atom. The normalized spacial score (nSPS) is 14.9. The number of aryl methyl sites for hydroxylation is 1. The number of hydrogen-bond donors (Lipinski definition) is 2. The zero-order valence-corrected chi connectivity index (χ0v) is 19.0. The summed E-state index contributed by atoms with van der Waals surface area (Å²) in [4.78, 5) is 36.4. The van der Waals surface area contributed by atoms with Gasteiger partial charge in [-0.15, -0.1) is 11.3 Å². The number of thiophene rings is 1. The van der Waals surface area contributed by atoms with Gasteiger partial charge >= 0.3 is 0 Å². The van der Waals surface area contributed by atoms with Crippen LogP contribution in [0.25, 0.3) is 21.0 Å². The molecule has 5 rings (SSSR count). The van der Waals surface area contributed by atoms with Gasteiger partial charge in [-0.3, -0.25) is 14.5 Å². The van der Waals surface area contributed by atoms with E-state index in [0.29, 0.717) is 5.69 Å². The lowest BCUT2D eigenvalue weighted by Gasteiger charge is -2.36. The Kier molecular flexibility index (Phi) is 5.40. The van der Waals surface area contributed by atoms with Crippen molar-refractivity contribution in [1.82, 2.24) is 20.2 Å². The third-order valence-electron chi connectivity index (χ3n) is 6.12. The number of benzene rings is 1. The van der Waals surface area contributed by atoms with Gasteiger partial charge in [-0.05, 0) is 42.1 Å². The lowest BCUT2D eigenvalue weighted by atomic mass is 10.1. The van der Waals surface area contributed by atoms with Gasteiger partial charge in [0.2, 0.25) is 0 Å². The maximum atomic E-state index is 12.3. The molecular formula is C24H25N5O2S. The molecule has 1 fully saturated rings. The van der Waals surface area contributed by atoms with Gasteiger partial charge in [0.25, 0.3) is 11.5 Å². The second-order valence-electron chi connectivity index (χ2n) is 8.14. The van der Waals surface area contributed by atoms with E-state index in [1.54, 1.807) is 24.5 Å². The standard InChI is InChI=1S/C24H25N5O2S/c1-15-21(6-5-19(26-15)24(31)25-2)29-10-8-28(9-11-29)14-16-3-4-17-20(13-16)27-23(30)18-7-12-32-22(17)18/h3-7,12-13H,8-11,14H2,1-2H3,(H,25,31)(H,27,30). The lowest BCUT2D eigenvalue weighted by Crippen LogP contribution is -2.46. The minimum absolute atomic E-state index is 0.0223. The summed E-state index contributed by atoms with van der Waals surface area (Å²) >= 11 is 1.61. The summed E-state index contributed by atoms with van der Waals surface area (Å²) in [7, 11) is 1.61. The van der Waals surface area contributed by atoms with Crippen molar-refractivity contribution in [1.29, 1.82) is 0 Å². The van der Waals surface area contributed by atoms with Gasteiger partial charge in [0.05, 0.1) is 22.3 Å². The fraction of sp³-hybridized carbons (Fsp3) is 0.292. The Balaban J connectivity index is 1.28. The highest BCUT2D eigenvalue weighted by Gasteiger charge is 2.20. The quantitative estimate of drug-likeness (QED) is 0.502. The molecule has 1 aliphatic rings. The number of H-pyrrole nitrogens is 1. The van der Waals surface area contributed by atoms with Crippen LogP contribution in [0.4, 0.5) is 5.69 Å². The molecule has 0 aliphatic carbocycles. The van der Waals surface area contributed by atoms with E-state index in [-0.39, 0.29) is 11.5 Å². The molecule has 0 spiro atoms. The number of pyridine rings is 2. The number of piperazine rings is 1. The molecule has 4 heterocycles. The average Bonchev–Trinajstić information content (AvgIpc) is 3.30. The molecule has 8 heteroatoms. The molecule has 0 bridgehead atoms. The molecule has 2 N–H and O–H groups in total. The molecule has 4 aromatic rings. The second kappa shape index (κ2) is 8.37. The Labute approximate surface area is 189 Å². The van der Waals surface area contributed by atoms with Crippen LogP contribution in [0.2, 0.25) is 0 Å². The third kappa shape index (κ3) is 3.76. The Bertz CT molecular complexity index is 1370. The van der Waals surface area contributed by atoms with Crippen LogP contribution < -0.4 is 15.8 Å². The predicted octanol–water partition coefficient (Wildman–Crippen LogP) is 3.13. The van der Waals surface area contributed by atoms with E-state index < -0.39 is 0 Å². The first-order valence-electron chi connectivity index (χ1n) is 10.7. The fourth-order valence-electron chi connectivity index (χ4n) is 4.43. The minimum Gasteiger partial charge on any atom is -0.368 e. The number of rotatable bonds is 4. The number of nitrogens with one attached hydrogen (secondary N) is 2. The summed E-state index contributed by atoms with van der Waals surface area (Å²) in [6.45, 7) is 6.49. The van der Waals surface area contributed by atoms with E-state index in [0.717, 1.165) is 65.1 Å². The maximum absolute atomic E-state index is 12.3. The molecule has 1 amide bonds. The van der Waals surface area contributed by atoms with Crippen LogP contribution >= 0.6 is 11.3 Å². The van der Waals surface area contributed by atoms with Crippen molar-refractivity contribution in [2.45, 2.75) is 13.5 Å². The molecule has 1 saturated heterocycles. The largest absolute Gasteiger partial charge is 0.368 e. The zero-order chi connectivity index (χ0) is 22.2. The summed E-state index contributed by atoms with van der Waals surface area (Å²) in [5.74, 6) is -0.166. The first-order valence-corrected chi connectivity index (χ1v) is 11.6. The number of carbonyl (C=O) groups is 1. The minimum atomic E-state index is -0.166. The van der Waals surface area contributed by atoms with E-state index in [2.05, 4.69) is 43.3 Å². The molecule has 3 aromatic heterocycles. The van der Waals surface area contributed by atoms with Crippen LogP contribution in [-0.4, -0.2) is 54.0 Å². The molecule has 0 radical (unpaired) electrons. The highest BCUT2D eigenvalue weighted by Crippen LogP contribution is 2.27. The second-order valence-corrected chi connectivity index (χ2v) is 9.06. The summed E-state index contributed by atoms with van der Waals surface area (Å²) in [5, 5.41) is 6.45. The van der Waals surface area contributed by atoms with E-state index in [1.165, 1.54) is 5.56 Å². The van der Waals surface area contributed by atoms with Crippen LogP contribution in [0, 0.1) is 6.92 Å². The number of amides is 1. The van der Waals surface area contributed by atoms with Crippen molar-refractivity contribution in [3.05, 3.63) is 69.1 Å². The number of aromatic amines is 1. The number of fused-ring (bicyclic) bond motifs is 3. The molecule has 0 unspecified atom stereocenters. The first-order chi connectivity index (χ1) is 15.5. The molecule has 0 atom stereocenters. The number of carbonyl (C=O) groups excluding carboxylic acids is 1. The summed E-state index contributed by atoms with van der Waals surface area (Å²) in [6, 6.07) is 12.1. The van der Waals surface area contributed by atoms with E-state index in [1.807, 2.05) is 24.4 Å². The highest BCUT2D eigenvalue weighted by molar-refractivity contribution is 7.18. The van der Waals surface area contributed by atoms with E-state index in [4.69, 9.17) is 0 Å². The Morgan fingerprint density at radius 2 is 1.94 bits per heavy atom. The van der Waals surface area contributed by atoms with Gasteiger partial charge in [-0.1, -0.05) is 12.1 Å². The van der Waals surface area contributed by atoms with Crippen molar-refractivity contribution in [2.24, 2.45) is 0 Å². The number of hydrogen-bond acceptors (Lipinski definition) is 6. The van der Waals surface area contributed by atoms with Crippen LogP contribution in [0.3, 0.4) is 0 Å². The van der Waals surface area contributed by atoms with Crippen molar-refractivity contribution in [2.75, 3.05) is 38.1 Å². The van der Waals surface area contributed by atoms with Gasteiger partial charge in [-0.2, -0.15) is 0 Å². The van der Waals surface area contributed by atoms with Crippen LogP contribution in [0.5, 0.6) is 0 Å². The van der Waals surface area contributed by atoms with Gasteiger partial charge in [0.15, 0.2) is 0 Å². The van der Waals surface area contributed by atoms with Gasteiger partial charge in [-0.25, -0.2) is 4.98 Å². The molecular weight excluding hydrogens is 422 g/mol. The Hall–Kier alpha value is -3.23. The van der Waals surface area contributed by atoms with Crippen LogP contribution in [0.15, 0.2) is 46.6 Å². The van der Waals surface area contributed by atoms with Crippen LogP contribution in [-0.2, 0) is 6.54 Å². The first kappa shape index (κ1) is 20.7. The predicted molar refractivity (Wildman–Crippen MR) is 130 cm³/mol. The smallest absolute Gasteiger partial charge is 0.269 e. The summed E-state index contributed by atoms with van der Waals surface area (Å²) in [5.41, 5.74) is 4.48. The summed E-state index contributed by atoms with van der Waals surface area (Å²) < 4.78 is 1.05. The molecule has 1 aliphatic heterocycles. The van der Waals surface area contributed by atoms with Crippen molar-refractivity contribution >= 4 is 43.9 Å². The average molecular weight is 448 g/mol. The van der Waals surface area contributed by atoms with Crippen molar-refractivity contribution < 1.29 is 4.79 Å². The Morgan fingerprint density at radius 3 is 2.69 bits per heavy atom. The topological polar surface area (TPSA) is 81.3 Å². The third-order valence-corrected chi connectivity index (χ3v) is 7.07.